The minimum Gasteiger partial charge on any atom is -0.376 e. The number of rotatable bonds is 3. The molecule has 0 radical (unpaired) electrons. The zero-order chi connectivity index (χ0) is 7.40. The van der Waals surface area contributed by atoms with Crippen molar-refractivity contribution in [2.75, 3.05) is 18.4 Å². The summed E-state index contributed by atoms with van der Waals surface area (Å²) >= 11 is 1.26. The quantitative estimate of drug-likeness (QED) is 0.570. The fourth-order valence-corrected chi connectivity index (χ4v) is 1.02. The molecule has 0 aliphatic heterocycles. The van der Waals surface area contributed by atoms with Crippen molar-refractivity contribution >= 4 is 16.5 Å². The number of anilines is 1. The van der Waals surface area contributed by atoms with Gasteiger partial charge in [-0.25, -0.2) is 0 Å². The van der Waals surface area contributed by atoms with Gasteiger partial charge in [-0.15, -0.1) is 10.2 Å². The molecule has 56 valence electrons. The lowest BCUT2D eigenvalue weighted by Gasteiger charge is -2.12. The second-order valence-electron chi connectivity index (χ2n) is 1.54. The van der Waals surface area contributed by atoms with Crippen LogP contribution in [0, 0.1) is 0 Å². The van der Waals surface area contributed by atoms with Crippen molar-refractivity contribution < 1.29 is 10.2 Å². The molecule has 0 unspecified atom stereocenters. The van der Waals surface area contributed by atoms with Crippen molar-refractivity contribution in [1.29, 1.82) is 0 Å². The lowest BCUT2D eigenvalue weighted by Crippen LogP contribution is -2.24. The van der Waals surface area contributed by atoms with Crippen molar-refractivity contribution in [3.05, 3.63) is 5.51 Å². The van der Waals surface area contributed by atoms with E-state index in [1.165, 1.54) is 21.7 Å². The average Bonchev–Trinajstić information content (AvgIpc) is 2.43. The molecule has 1 rings (SSSR count). The first-order chi connectivity index (χ1) is 4.88. The zero-order valence-electron chi connectivity index (χ0n) is 5.14. The normalized spacial score (nSPS) is 9.80. The van der Waals surface area contributed by atoms with Crippen molar-refractivity contribution in [3.8, 4) is 0 Å². The number of hydrogen-bond acceptors (Lipinski definition) is 6. The highest BCUT2D eigenvalue weighted by Gasteiger charge is 2.04. The molecular weight excluding hydrogens is 154 g/mol. The van der Waals surface area contributed by atoms with Crippen LogP contribution < -0.4 is 4.90 Å². The molecule has 2 N–H and O–H groups in total. The molecule has 1 heterocycles. The zero-order valence-corrected chi connectivity index (χ0v) is 5.95. The van der Waals surface area contributed by atoms with E-state index in [1.54, 1.807) is 0 Å². The first-order valence-electron chi connectivity index (χ1n) is 2.61. The van der Waals surface area contributed by atoms with Gasteiger partial charge >= 0.3 is 0 Å². The van der Waals surface area contributed by atoms with E-state index in [4.69, 9.17) is 10.2 Å². The average molecular weight is 161 g/mol. The van der Waals surface area contributed by atoms with Gasteiger partial charge in [0.05, 0.1) is 0 Å². The minimum atomic E-state index is -0.244. The summed E-state index contributed by atoms with van der Waals surface area (Å²) in [4.78, 5) is 1.29. The van der Waals surface area contributed by atoms with Gasteiger partial charge in [0.25, 0.3) is 0 Å². The standard InChI is InChI=1S/C4H7N3O2S/c8-2-7(3-9)4-6-5-1-10-4/h1,8-9H,2-3H2. The molecule has 0 saturated heterocycles. The van der Waals surface area contributed by atoms with Crippen LogP contribution >= 0.6 is 11.3 Å². The van der Waals surface area contributed by atoms with Gasteiger partial charge in [-0.2, -0.15) is 0 Å². The number of aliphatic hydroxyl groups excluding tert-OH is 2. The summed E-state index contributed by atoms with van der Waals surface area (Å²) in [7, 11) is 0. The van der Waals surface area contributed by atoms with Gasteiger partial charge in [-0.1, -0.05) is 11.3 Å². The Kier molecular flexibility index (Phi) is 2.55. The molecule has 0 aliphatic rings. The van der Waals surface area contributed by atoms with E-state index >= 15 is 0 Å². The Morgan fingerprint density at radius 1 is 1.50 bits per heavy atom. The number of aromatic nitrogens is 2. The summed E-state index contributed by atoms with van der Waals surface area (Å²) in [5.41, 5.74) is 1.54. The lowest BCUT2D eigenvalue weighted by atomic mass is 10.8. The summed E-state index contributed by atoms with van der Waals surface area (Å²) in [6.07, 6.45) is 0. The van der Waals surface area contributed by atoms with Gasteiger partial charge in [-0.05, 0) is 0 Å². The van der Waals surface area contributed by atoms with E-state index in [1.807, 2.05) is 0 Å². The molecule has 10 heavy (non-hydrogen) atoms. The van der Waals surface area contributed by atoms with Gasteiger partial charge in [0.15, 0.2) is 0 Å². The Labute approximate surface area is 61.6 Å². The highest BCUT2D eigenvalue weighted by molar-refractivity contribution is 7.13. The molecule has 1 aromatic heterocycles. The largest absolute Gasteiger partial charge is 0.376 e. The van der Waals surface area contributed by atoms with E-state index in [0.717, 1.165) is 0 Å². The van der Waals surface area contributed by atoms with Crippen LogP contribution in [0.3, 0.4) is 0 Å². The lowest BCUT2D eigenvalue weighted by molar-refractivity contribution is 0.222. The Bertz CT molecular complexity index is 175. The van der Waals surface area contributed by atoms with Crippen LogP contribution in [0.5, 0.6) is 0 Å². The highest BCUT2D eigenvalue weighted by Crippen LogP contribution is 2.13. The first kappa shape index (κ1) is 7.39. The molecule has 0 spiro atoms. The summed E-state index contributed by atoms with van der Waals surface area (Å²) in [5, 5.41) is 24.9. The summed E-state index contributed by atoms with van der Waals surface area (Å²) in [5.74, 6) is 0. The maximum absolute atomic E-state index is 8.60. The third-order valence-corrected chi connectivity index (χ3v) is 1.71. The molecular formula is C4H7N3O2S. The third-order valence-electron chi connectivity index (χ3n) is 0.960. The summed E-state index contributed by atoms with van der Waals surface area (Å²) in [6, 6.07) is 0. The van der Waals surface area contributed by atoms with Crippen LogP contribution in [0.1, 0.15) is 0 Å². The molecule has 0 aliphatic carbocycles. The van der Waals surface area contributed by atoms with Gasteiger partial charge in [0.1, 0.15) is 19.0 Å². The third kappa shape index (κ3) is 1.41. The van der Waals surface area contributed by atoms with E-state index in [0.29, 0.717) is 5.13 Å². The van der Waals surface area contributed by atoms with Crippen molar-refractivity contribution in [2.24, 2.45) is 0 Å². The summed E-state index contributed by atoms with van der Waals surface area (Å²) < 4.78 is 0. The van der Waals surface area contributed by atoms with Crippen LogP contribution in [-0.4, -0.2) is 33.9 Å². The van der Waals surface area contributed by atoms with Crippen LogP contribution in [0.25, 0.3) is 0 Å². The van der Waals surface area contributed by atoms with Gasteiger partial charge in [0.2, 0.25) is 5.13 Å². The topological polar surface area (TPSA) is 69.5 Å². The fourth-order valence-electron chi connectivity index (χ4n) is 0.471. The molecule has 0 atom stereocenters. The molecule has 0 saturated carbocycles. The van der Waals surface area contributed by atoms with Crippen LogP contribution in [0.4, 0.5) is 5.13 Å². The van der Waals surface area contributed by atoms with Crippen molar-refractivity contribution in [3.63, 3.8) is 0 Å². The molecule has 0 fully saturated rings. The van der Waals surface area contributed by atoms with E-state index in [2.05, 4.69) is 10.2 Å². The fraction of sp³-hybridized carbons (Fsp3) is 0.500. The van der Waals surface area contributed by atoms with Gasteiger partial charge in [0, 0.05) is 0 Å². The second kappa shape index (κ2) is 3.45. The van der Waals surface area contributed by atoms with E-state index in [-0.39, 0.29) is 13.5 Å². The van der Waals surface area contributed by atoms with Crippen LogP contribution in [0.15, 0.2) is 5.51 Å². The minimum absolute atomic E-state index is 0.244. The molecule has 0 aromatic carbocycles. The molecule has 5 nitrogen and oxygen atoms in total. The smallest absolute Gasteiger partial charge is 0.211 e. The van der Waals surface area contributed by atoms with E-state index in [9.17, 15) is 0 Å². The van der Waals surface area contributed by atoms with Crippen LogP contribution in [-0.2, 0) is 0 Å². The molecule has 0 bridgehead atoms. The number of hydrogen-bond donors (Lipinski definition) is 2. The summed E-state index contributed by atoms with van der Waals surface area (Å²) in [6.45, 7) is -0.489. The number of aliphatic hydroxyl groups is 2. The number of nitrogens with zero attached hydrogens (tertiary/aromatic N) is 3. The van der Waals surface area contributed by atoms with E-state index < -0.39 is 0 Å². The van der Waals surface area contributed by atoms with Crippen molar-refractivity contribution in [1.82, 2.24) is 10.2 Å². The Balaban J connectivity index is 2.64. The van der Waals surface area contributed by atoms with Crippen molar-refractivity contribution in [2.45, 2.75) is 0 Å². The predicted molar refractivity (Wildman–Crippen MR) is 36.6 cm³/mol. The molecule has 6 heteroatoms. The van der Waals surface area contributed by atoms with Gasteiger partial charge < -0.3 is 15.1 Å². The first-order valence-corrected chi connectivity index (χ1v) is 3.49. The highest BCUT2D eigenvalue weighted by atomic mass is 32.1. The Morgan fingerprint density at radius 3 is 2.60 bits per heavy atom. The Morgan fingerprint density at radius 2 is 2.20 bits per heavy atom. The molecule has 1 aromatic rings. The predicted octanol–water partition coefficient (Wildman–Crippen LogP) is -0.756. The van der Waals surface area contributed by atoms with Gasteiger partial charge in [-0.3, -0.25) is 0 Å². The maximum Gasteiger partial charge on any atom is 0.211 e. The maximum atomic E-state index is 8.60. The molecule has 0 amide bonds. The SMILES string of the molecule is OCN(CO)c1nncs1. The Hall–Kier alpha value is -0.720. The second-order valence-corrected chi connectivity index (χ2v) is 2.36. The monoisotopic (exact) mass is 161 g/mol. The van der Waals surface area contributed by atoms with Crippen LogP contribution in [0.2, 0.25) is 0 Å².